The highest BCUT2D eigenvalue weighted by Gasteiger charge is 2.07. The van der Waals surface area contributed by atoms with Gasteiger partial charge in [-0.05, 0) is 43.0 Å². The lowest BCUT2D eigenvalue weighted by Gasteiger charge is -2.09. The maximum atomic E-state index is 12.1. The molecule has 1 heterocycles. The van der Waals surface area contributed by atoms with Crippen molar-refractivity contribution in [2.24, 2.45) is 5.92 Å². The number of hydrogen-bond donors (Lipinski definition) is 1. The molecule has 0 fully saturated rings. The summed E-state index contributed by atoms with van der Waals surface area (Å²) >= 11 is 0. The lowest BCUT2D eigenvalue weighted by molar-refractivity contribution is -0.139. The number of methoxy groups -OCH3 is 1. The Kier molecular flexibility index (Phi) is 9.00. The van der Waals surface area contributed by atoms with Crippen LogP contribution in [0.3, 0.4) is 0 Å². The first-order chi connectivity index (χ1) is 14.4. The topological polar surface area (TPSA) is 86.9 Å². The van der Waals surface area contributed by atoms with Gasteiger partial charge in [-0.25, -0.2) is 4.79 Å². The molecule has 1 aromatic heterocycles. The highest BCUT2D eigenvalue weighted by Crippen LogP contribution is 2.28. The summed E-state index contributed by atoms with van der Waals surface area (Å²) in [5.41, 5.74) is 1.00. The molecule has 162 valence electrons. The largest absolute Gasteiger partial charge is 0.493 e. The first-order valence-electron chi connectivity index (χ1n) is 9.93. The predicted molar refractivity (Wildman–Crippen MR) is 115 cm³/mol. The number of aromatic amines is 1. The molecule has 0 aliphatic carbocycles. The minimum atomic E-state index is -0.527. The fourth-order valence-corrected chi connectivity index (χ4v) is 2.52. The van der Waals surface area contributed by atoms with Gasteiger partial charge in [0.25, 0.3) is 0 Å². The minimum absolute atomic E-state index is 0.0444. The van der Waals surface area contributed by atoms with E-state index in [-0.39, 0.29) is 17.8 Å². The molecule has 0 saturated carbocycles. The van der Waals surface area contributed by atoms with E-state index >= 15 is 0 Å². The lowest BCUT2D eigenvalue weighted by atomic mass is 10.1. The van der Waals surface area contributed by atoms with Crippen molar-refractivity contribution in [2.45, 2.75) is 33.8 Å². The van der Waals surface area contributed by atoms with E-state index in [1.54, 1.807) is 25.3 Å². The molecule has 30 heavy (non-hydrogen) atoms. The molecule has 0 saturated heterocycles. The van der Waals surface area contributed by atoms with Crippen LogP contribution in [-0.4, -0.2) is 31.3 Å². The quantitative estimate of drug-likeness (QED) is 0.442. The standard InChI is InChI=1S/C23H29NO6/c1-5-28-20-8-6-17(12-21(20)27-4)7-9-23(26)30-15-18-13-19(25)22(14-24-18)29-11-10-16(2)3/h6-9,12-14,16H,5,10-11,15H2,1-4H3,(H,24,25)/b9-7+. The van der Waals surface area contributed by atoms with Gasteiger partial charge in [0, 0.05) is 18.3 Å². The van der Waals surface area contributed by atoms with Gasteiger partial charge in [-0.3, -0.25) is 4.79 Å². The van der Waals surface area contributed by atoms with Crippen LogP contribution in [0.25, 0.3) is 6.08 Å². The maximum Gasteiger partial charge on any atom is 0.331 e. The number of esters is 1. The molecule has 0 aliphatic heterocycles. The molecule has 7 heteroatoms. The summed E-state index contributed by atoms with van der Waals surface area (Å²) in [7, 11) is 1.56. The smallest absolute Gasteiger partial charge is 0.331 e. The van der Waals surface area contributed by atoms with Crippen molar-refractivity contribution in [3.8, 4) is 17.2 Å². The van der Waals surface area contributed by atoms with E-state index < -0.39 is 5.97 Å². The van der Waals surface area contributed by atoms with Gasteiger partial charge in [0.2, 0.25) is 5.43 Å². The van der Waals surface area contributed by atoms with Crippen molar-refractivity contribution in [1.82, 2.24) is 4.98 Å². The van der Waals surface area contributed by atoms with E-state index in [2.05, 4.69) is 18.8 Å². The Hall–Kier alpha value is -3.22. The molecule has 0 spiro atoms. The SMILES string of the molecule is CCOc1ccc(/C=C/C(=O)OCc2cc(=O)c(OCCC(C)C)c[nH]2)cc1OC. The van der Waals surface area contributed by atoms with E-state index in [1.807, 2.05) is 13.0 Å². The number of rotatable bonds is 11. The number of carbonyl (C=O) groups is 1. The van der Waals surface area contributed by atoms with Crippen LogP contribution < -0.4 is 19.6 Å². The number of hydrogen-bond acceptors (Lipinski definition) is 6. The van der Waals surface area contributed by atoms with Crippen LogP contribution in [-0.2, 0) is 16.1 Å². The Labute approximate surface area is 176 Å². The third kappa shape index (κ3) is 7.31. The molecular weight excluding hydrogens is 386 g/mol. The van der Waals surface area contributed by atoms with Crippen molar-refractivity contribution in [3.63, 3.8) is 0 Å². The Morgan fingerprint density at radius 1 is 1.13 bits per heavy atom. The van der Waals surface area contributed by atoms with E-state index in [1.165, 1.54) is 18.3 Å². The number of nitrogens with one attached hydrogen (secondary N) is 1. The summed E-state index contributed by atoms with van der Waals surface area (Å²) in [6.45, 7) is 7.04. The van der Waals surface area contributed by atoms with Crippen molar-refractivity contribution in [2.75, 3.05) is 20.3 Å². The highest BCUT2D eigenvalue weighted by molar-refractivity contribution is 5.87. The third-order valence-corrected chi connectivity index (χ3v) is 4.16. The van der Waals surface area contributed by atoms with Crippen LogP contribution in [0.5, 0.6) is 17.2 Å². The van der Waals surface area contributed by atoms with Crippen molar-refractivity contribution in [1.29, 1.82) is 0 Å². The van der Waals surface area contributed by atoms with E-state index in [9.17, 15) is 9.59 Å². The average molecular weight is 415 g/mol. The van der Waals surface area contributed by atoms with E-state index in [0.717, 1.165) is 12.0 Å². The van der Waals surface area contributed by atoms with Crippen molar-refractivity contribution >= 4 is 12.0 Å². The van der Waals surface area contributed by atoms with E-state index in [0.29, 0.717) is 36.3 Å². The zero-order chi connectivity index (χ0) is 21.9. The second kappa shape index (κ2) is 11.7. The van der Waals surface area contributed by atoms with Crippen LogP contribution in [0.4, 0.5) is 0 Å². The van der Waals surface area contributed by atoms with Gasteiger partial charge >= 0.3 is 5.97 Å². The third-order valence-electron chi connectivity index (χ3n) is 4.16. The first kappa shape index (κ1) is 23.1. The first-order valence-corrected chi connectivity index (χ1v) is 9.93. The fraction of sp³-hybridized carbons (Fsp3) is 0.391. The summed E-state index contributed by atoms with van der Waals surface area (Å²) in [6.07, 6.45) is 5.30. The average Bonchev–Trinajstić information content (AvgIpc) is 2.72. The summed E-state index contributed by atoms with van der Waals surface area (Å²) in [4.78, 5) is 27.0. The zero-order valence-corrected chi connectivity index (χ0v) is 17.9. The molecule has 1 aromatic carbocycles. The number of pyridine rings is 1. The van der Waals surface area contributed by atoms with Crippen LogP contribution in [0, 0.1) is 5.92 Å². The molecule has 0 amide bonds. The Bertz CT molecular complexity index is 916. The van der Waals surface area contributed by atoms with Crippen molar-refractivity contribution < 1.29 is 23.7 Å². The van der Waals surface area contributed by atoms with Crippen LogP contribution in [0.2, 0.25) is 0 Å². The molecule has 7 nitrogen and oxygen atoms in total. The van der Waals surface area contributed by atoms with Gasteiger partial charge in [-0.2, -0.15) is 0 Å². The van der Waals surface area contributed by atoms with Crippen LogP contribution in [0.15, 0.2) is 41.3 Å². The predicted octanol–water partition coefficient (Wildman–Crippen LogP) is 3.96. The molecular formula is C23H29NO6. The Morgan fingerprint density at radius 3 is 2.60 bits per heavy atom. The summed E-state index contributed by atoms with van der Waals surface area (Å²) in [5, 5.41) is 0. The van der Waals surface area contributed by atoms with Gasteiger partial charge in [0.15, 0.2) is 17.2 Å². The number of H-pyrrole nitrogens is 1. The molecule has 0 atom stereocenters. The summed E-state index contributed by atoms with van der Waals surface area (Å²) in [5.74, 6) is 1.46. The Balaban J connectivity index is 1.90. The molecule has 2 rings (SSSR count). The van der Waals surface area contributed by atoms with Crippen LogP contribution >= 0.6 is 0 Å². The number of benzene rings is 1. The lowest BCUT2D eigenvalue weighted by Crippen LogP contribution is -2.12. The second-order valence-electron chi connectivity index (χ2n) is 7.00. The van der Waals surface area contributed by atoms with E-state index in [4.69, 9.17) is 18.9 Å². The molecule has 0 radical (unpaired) electrons. The summed E-state index contributed by atoms with van der Waals surface area (Å²) in [6, 6.07) is 6.74. The number of carbonyl (C=O) groups excluding carboxylic acids is 1. The second-order valence-corrected chi connectivity index (χ2v) is 7.00. The Morgan fingerprint density at radius 2 is 1.93 bits per heavy atom. The molecule has 2 aromatic rings. The van der Waals surface area contributed by atoms with Gasteiger partial charge in [-0.15, -0.1) is 0 Å². The molecule has 0 bridgehead atoms. The monoisotopic (exact) mass is 415 g/mol. The maximum absolute atomic E-state index is 12.1. The van der Waals surface area contributed by atoms with Crippen LogP contribution in [0.1, 0.15) is 38.4 Å². The number of aromatic nitrogens is 1. The van der Waals surface area contributed by atoms with Gasteiger partial charge in [0.1, 0.15) is 6.61 Å². The van der Waals surface area contributed by atoms with Crippen molar-refractivity contribution in [3.05, 3.63) is 58.0 Å². The molecule has 1 N–H and O–H groups in total. The normalized spacial score (nSPS) is 11.0. The highest BCUT2D eigenvalue weighted by atomic mass is 16.5. The fourth-order valence-electron chi connectivity index (χ4n) is 2.52. The zero-order valence-electron chi connectivity index (χ0n) is 17.9. The number of ether oxygens (including phenoxy) is 4. The van der Waals surface area contributed by atoms with Gasteiger partial charge in [0.05, 0.1) is 26.0 Å². The summed E-state index contributed by atoms with van der Waals surface area (Å²) < 4.78 is 21.4. The van der Waals surface area contributed by atoms with Gasteiger partial charge < -0.3 is 23.9 Å². The van der Waals surface area contributed by atoms with Gasteiger partial charge in [-0.1, -0.05) is 19.9 Å². The molecule has 0 aliphatic rings. The minimum Gasteiger partial charge on any atom is -0.493 e. The molecule has 0 unspecified atom stereocenters.